The summed E-state index contributed by atoms with van der Waals surface area (Å²) in [6.07, 6.45) is 0.753. The van der Waals surface area contributed by atoms with Crippen LogP contribution in [0.5, 0.6) is 0 Å². The van der Waals surface area contributed by atoms with Crippen LogP contribution in [0.15, 0.2) is 0 Å². The lowest BCUT2D eigenvalue weighted by Crippen LogP contribution is -2.54. The van der Waals surface area contributed by atoms with Crippen molar-refractivity contribution in [2.24, 2.45) is 5.41 Å². The van der Waals surface area contributed by atoms with Crippen LogP contribution in [-0.4, -0.2) is 36.5 Å². The first-order valence-corrected chi connectivity index (χ1v) is 7.63. The maximum atomic E-state index is 12.2. The molecule has 1 aliphatic heterocycles. The second-order valence-corrected chi connectivity index (χ2v) is 9.02. The Morgan fingerprint density at radius 3 is 1.88 bits per heavy atom. The van der Waals surface area contributed by atoms with Crippen LogP contribution in [0.4, 0.5) is 0 Å². The van der Waals surface area contributed by atoms with Crippen molar-refractivity contribution < 1.29 is 8.42 Å². The molecule has 1 saturated heterocycles. The molecule has 1 atom stereocenters. The van der Waals surface area contributed by atoms with Crippen molar-refractivity contribution in [3.05, 3.63) is 0 Å². The molecule has 1 unspecified atom stereocenters. The Labute approximate surface area is 100 Å². The molecular weight excluding hydrogens is 222 g/mol. The second-order valence-electron chi connectivity index (χ2n) is 6.87. The van der Waals surface area contributed by atoms with Crippen LogP contribution in [0.1, 0.15) is 48.0 Å². The average molecular weight is 247 g/mol. The van der Waals surface area contributed by atoms with E-state index in [1.54, 1.807) is 0 Å². The number of rotatable bonds is 0. The molecule has 1 fully saturated rings. The zero-order valence-corrected chi connectivity index (χ0v) is 12.2. The highest BCUT2D eigenvalue weighted by atomic mass is 32.2. The summed E-state index contributed by atoms with van der Waals surface area (Å²) in [5.74, 6) is 0.207. The summed E-state index contributed by atoms with van der Waals surface area (Å²) in [5, 5.41) is -0.196. The minimum Gasteiger partial charge on any atom is -0.285 e. The third-order valence-electron chi connectivity index (χ3n) is 3.35. The Morgan fingerprint density at radius 1 is 1.06 bits per heavy atom. The van der Waals surface area contributed by atoms with Crippen molar-refractivity contribution in [3.8, 4) is 0 Å². The van der Waals surface area contributed by atoms with Gasteiger partial charge in [0.15, 0.2) is 9.84 Å². The predicted octanol–water partition coefficient (Wildman–Crippen LogP) is 2.28. The molecule has 1 rings (SSSR count). The van der Waals surface area contributed by atoms with E-state index < -0.39 is 9.84 Å². The van der Waals surface area contributed by atoms with Crippen LogP contribution in [0.25, 0.3) is 0 Å². The number of hydrogen-bond acceptors (Lipinski definition) is 3. The molecule has 3 nitrogen and oxygen atoms in total. The lowest BCUT2D eigenvalue weighted by molar-refractivity contribution is 0.141. The molecule has 16 heavy (non-hydrogen) atoms. The fourth-order valence-electron chi connectivity index (χ4n) is 2.33. The van der Waals surface area contributed by atoms with Gasteiger partial charge in [0.05, 0.1) is 5.25 Å². The Bertz CT molecular complexity index is 346. The highest BCUT2D eigenvalue weighted by molar-refractivity contribution is 7.92. The molecule has 1 aliphatic rings. The van der Waals surface area contributed by atoms with E-state index in [1.807, 2.05) is 20.8 Å². The molecule has 0 saturated carbocycles. The molecule has 0 spiro atoms. The molecule has 96 valence electrons. The van der Waals surface area contributed by atoms with Gasteiger partial charge in [-0.2, -0.15) is 0 Å². The summed E-state index contributed by atoms with van der Waals surface area (Å²) in [4.78, 5) is 2.06. The lowest BCUT2D eigenvalue weighted by atomic mass is 9.89. The molecule has 0 aromatic heterocycles. The predicted molar refractivity (Wildman–Crippen MR) is 68.1 cm³/mol. The van der Waals surface area contributed by atoms with Crippen LogP contribution in [0.3, 0.4) is 0 Å². The maximum Gasteiger partial charge on any atom is 0.166 e. The van der Waals surface area contributed by atoms with Gasteiger partial charge in [-0.05, 0) is 32.6 Å². The van der Waals surface area contributed by atoms with E-state index in [4.69, 9.17) is 0 Å². The fourth-order valence-corrected chi connectivity index (χ4v) is 5.00. The largest absolute Gasteiger partial charge is 0.285 e. The van der Waals surface area contributed by atoms with Gasteiger partial charge in [-0.3, -0.25) is 4.90 Å². The van der Waals surface area contributed by atoms with Crippen molar-refractivity contribution in [1.82, 2.24) is 4.90 Å². The molecule has 0 aromatic rings. The first-order valence-electron chi connectivity index (χ1n) is 5.91. The normalized spacial score (nSPS) is 28.0. The Morgan fingerprint density at radius 2 is 1.56 bits per heavy atom. The Kier molecular flexibility index (Phi) is 3.48. The van der Waals surface area contributed by atoms with Gasteiger partial charge in [0.1, 0.15) is 5.88 Å². The van der Waals surface area contributed by atoms with Gasteiger partial charge in [-0.15, -0.1) is 0 Å². The zero-order valence-electron chi connectivity index (χ0n) is 11.4. The van der Waals surface area contributed by atoms with Crippen molar-refractivity contribution in [1.29, 1.82) is 0 Å². The molecule has 0 aromatic carbocycles. The van der Waals surface area contributed by atoms with Gasteiger partial charge in [0.25, 0.3) is 0 Å². The van der Waals surface area contributed by atoms with Gasteiger partial charge in [-0.25, -0.2) is 8.42 Å². The van der Waals surface area contributed by atoms with E-state index in [-0.39, 0.29) is 22.1 Å². The topological polar surface area (TPSA) is 37.4 Å². The van der Waals surface area contributed by atoms with E-state index in [0.29, 0.717) is 0 Å². The Hall–Kier alpha value is -0.0900. The minimum atomic E-state index is -2.99. The second kappa shape index (κ2) is 3.98. The molecule has 0 radical (unpaired) electrons. The monoisotopic (exact) mass is 247 g/mol. The third kappa shape index (κ3) is 2.98. The van der Waals surface area contributed by atoms with Crippen molar-refractivity contribution in [2.45, 2.75) is 58.8 Å². The summed E-state index contributed by atoms with van der Waals surface area (Å²) in [6.45, 7) is 13.1. The molecule has 0 N–H and O–H groups in total. The van der Waals surface area contributed by atoms with Crippen molar-refractivity contribution in [3.63, 3.8) is 0 Å². The third-order valence-corrected chi connectivity index (χ3v) is 5.83. The SMILES string of the molecule is CC(C)(C)C1CCN(C(C)(C)C)CS1(=O)=O. The lowest BCUT2D eigenvalue weighted by Gasteiger charge is -2.43. The summed E-state index contributed by atoms with van der Waals surface area (Å²) < 4.78 is 24.5. The van der Waals surface area contributed by atoms with Crippen LogP contribution < -0.4 is 0 Å². The molecule has 0 amide bonds. The van der Waals surface area contributed by atoms with E-state index in [9.17, 15) is 8.42 Å². The molecular formula is C12H25NO2S. The number of nitrogens with zero attached hydrogens (tertiary/aromatic N) is 1. The summed E-state index contributed by atoms with van der Waals surface area (Å²) in [7, 11) is -2.99. The van der Waals surface area contributed by atoms with E-state index in [1.165, 1.54) is 0 Å². The van der Waals surface area contributed by atoms with E-state index in [2.05, 4.69) is 25.7 Å². The van der Waals surface area contributed by atoms with Crippen LogP contribution in [0, 0.1) is 5.41 Å². The van der Waals surface area contributed by atoms with Gasteiger partial charge in [0, 0.05) is 12.1 Å². The zero-order chi connectivity index (χ0) is 12.8. The standard InChI is InChI=1S/C12H25NO2S/c1-11(2,3)10-7-8-13(12(4,5)6)9-16(10,14)15/h10H,7-9H2,1-6H3. The first kappa shape index (κ1) is 14.0. The maximum absolute atomic E-state index is 12.2. The van der Waals surface area contributed by atoms with Crippen molar-refractivity contribution >= 4 is 9.84 Å². The summed E-state index contributed by atoms with van der Waals surface area (Å²) in [5.41, 5.74) is -0.210. The number of hydrogen-bond donors (Lipinski definition) is 0. The minimum absolute atomic E-state index is 0.0596. The van der Waals surface area contributed by atoms with Gasteiger partial charge >= 0.3 is 0 Å². The highest BCUT2D eigenvalue weighted by Gasteiger charge is 2.42. The van der Waals surface area contributed by atoms with Crippen LogP contribution >= 0.6 is 0 Å². The van der Waals surface area contributed by atoms with Gasteiger partial charge in [-0.1, -0.05) is 20.8 Å². The van der Waals surface area contributed by atoms with Crippen LogP contribution in [-0.2, 0) is 9.84 Å². The fraction of sp³-hybridized carbons (Fsp3) is 1.00. The number of sulfone groups is 1. The highest BCUT2D eigenvalue weighted by Crippen LogP contribution is 2.34. The van der Waals surface area contributed by atoms with Gasteiger partial charge in [0.2, 0.25) is 0 Å². The van der Waals surface area contributed by atoms with E-state index >= 15 is 0 Å². The Balaban J connectivity index is 2.91. The quantitative estimate of drug-likeness (QED) is 0.659. The molecule has 4 heteroatoms. The summed E-state index contributed by atoms with van der Waals surface area (Å²) in [6, 6.07) is 0. The molecule has 1 heterocycles. The first-order chi connectivity index (χ1) is 6.94. The molecule has 0 aliphatic carbocycles. The van der Waals surface area contributed by atoms with Crippen molar-refractivity contribution in [2.75, 3.05) is 12.4 Å². The smallest absolute Gasteiger partial charge is 0.166 e. The average Bonchev–Trinajstić information content (AvgIpc) is 1.97. The van der Waals surface area contributed by atoms with Crippen LogP contribution in [0.2, 0.25) is 0 Å². The summed E-state index contributed by atoms with van der Waals surface area (Å²) >= 11 is 0. The molecule has 0 bridgehead atoms. The van der Waals surface area contributed by atoms with Gasteiger partial charge < -0.3 is 0 Å². The van der Waals surface area contributed by atoms with E-state index in [0.717, 1.165) is 13.0 Å².